The Labute approximate surface area is 67.2 Å². The van der Waals surface area contributed by atoms with Crippen LogP contribution in [0.2, 0.25) is 0 Å². The van der Waals surface area contributed by atoms with Gasteiger partial charge in [-0.25, -0.2) is 0 Å². The van der Waals surface area contributed by atoms with E-state index in [1.165, 1.54) is 6.08 Å². The monoisotopic (exact) mass is 170 g/mol. The summed E-state index contributed by atoms with van der Waals surface area (Å²) in [6.07, 6.45) is 2.66. The maximum absolute atomic E-state index is 10.4. The third-order valence-electron chi connectivity index (χ3n) is 2.03. The van der Waals surface area contributed by atoms with Crippen molar-refractivity contribution >= 4 is 6.29 Å². The highest BCUT2D eigenvalue weighted by molar-refractivity contribution is 5.76. The SMILES string of the molecule is O=CC12C=CC(O)=C(O)C1(O)O2. The summed E-state index contributed by atoms with van der Waals surface area (Å²) in [7, 11) is 0. The number of hydrogen-bond donors (Lipinski definition) is 3. The van der Waals surface area contributed by atoms with Gasteiger partial charge in [-0.15, -0.1) is 0 Å². The summed E-state index contributed by atoms with van der Waals surface area (Å²) in [4.78, 5) is 10.4. The van der Waals surface area contributed by atoms with E-state index in [4.69, 9.17) is 10.2 Å². The summed E-state index contributed by atoms with van der Waals surface area (Å²) in [5, 5.41) is 27.4. The lowest BCUT2D eigenvalue weighted by molar-refractivity contribution is -0.111. The van der Waals surface area contributed by atoms with Gasteiger partial charge in [-0.3, -0.25) is 4.79 Å². The van der Waals surface area contributed by atoms with Gasteiger partial charge in [0.1, 0.15) is 0 Å². The molecule has 2 unspecified atom stereocenters. The molecule has 1 aliphatic heterocycles. The summed E-state index contributed by atoms with van der Waals surface area (Å²) in [6.45, 7) is 0. The molecule has 0 radical (unpaired) electrons. The molecule has 5 heteroatoms. The van der Waals surface area contributed by atoms with Gasteiger partial charge in [0, 0.05) is 0 Å². The number of ether oxygens (including phenoxy) is 1. The average Bonchev–Trinajstić information content (AvgIpc) is 2.68. The number of aliphatic hydroxyl groups excluding tert-OH is 2. The zero-order chi connectivity index (χ0) is 8.98. The largest absolute Gasteiger partial charge is 0.504 e. The van der Waals surface area contributed by atoms with Crippen LogP contribution in [0.1, 0.15) is 0 Å². The molecule has 1 fully saturated rings. The van der Waals surface area contributed by atoms with E-state index in [1.54, 1.807) is 0 Å². The van der Waals surface area contributed by atoms with Crippen LogP contribution in [0.3, 0.4) is 0 Å². The number of hydrogen-bond acceptors (Lipinski definition) is 5. The van der Waals surface area contributed by atoms with Crippen LogP contribution in [0.15, 0.2) is 23.7 Å². The lowest BCUT2D eigenvalue weighted by atomic mass is 9.97. The molecule has 0 bridgehead atoms. The van der Waals surface area contributed by atoms with Crippen LogP contribution < -0.4 is 0 Å². The minimum atomic E-state index is -2.05. The van der Waals surface area contributed by atoms with Crippen LogP contribution in [0.5, 0.6) is 0 Å². The number of rotatable bonds is 1. The van der Waals surface area contributed by atoms with E-state index in [9.17, 15) is 9.90 Å². The second kappa shape index (κ2) is 1.70. The van der Waals surface area contributed by atoms with E-state index in [2.05, 4.69) is 4.74 Å². The fraction of sp³-hybridized carbons (Fsp3) is 0.286. The quantitative estimate of drug-likeness (QED) is 0.366. The molecule has 2 rings (SSSR count). The lowest BCUT2D eigenvalue weighted by Gasteiger charge is -2.11. The Morgan fingerprint density at radius 3 is 2.75 bits per heavy atom. The normalized spacial score (nSPS) is 44.1. The Balaban J connectivity index is 2.49. The van der Waals surface area contributed by atoms with Crippen LogP contribution >= 0.6 is 0 Å². The van der Waals surface area contributed by atoms with Crippen LogP contribution in [0.4, 0.5) is 0 Å². The first-order valence-electron chi connectivity index (χ1n) is 3.26. The van der Waals surface area contributed by atoms with E-state index in [-0.39, 0.29) is 0 Å². The van der Waals surface area contributed by atoms with Crippen molar-refractivity contribution < 1.29 is 24.9 Å². The molecule has 1 aliphatic carbocycles. The van der Waals surface area contributed by atoms with Gasteiger partial charge in [0.15, 0.2) is 17.8 Å². The molecule has 0 aromatic carbocycles. The van der Waals surface area contributed by atoms with Crippen molar-refractivity contribution in [1.82, 2.24) is 0 Å². The Hall–Kier alpha value is -1.33. The molecular weight excluding hydrogens is 164 g/mol. The zero-order valence-corrected chi connectivity index (χ0v) is 5.89. The van der Waals surface area contributed by atoms with E-state index >= 15 is 0 Å². The van der Waals surface area contributed by atoms with Crippen molar-refractivity contribution in [1.29, 1.82) is 0 Å². The molecule has 2 atom stereocenters. The standard InChI is InChI=1S/C7H6O5/c8-3-6-2-1-4(9)5(10)7(6,11)12-6/h1-3,9-11H. The summed E-state index contributed by atoms with van der Waals surface area (Å²) >= 11 is 0. The first kappa shape index (κ1) is 7.33. The van der Waals surface area contributed by atoms with Crippen molar-refractivity contribution in [3.05, 3.63) is 23.7 Å². The third-order valence-corrected chi connectivity index (χ3v) is 2.03. The van der Waals surface area contributed by atoms with Gasteiger partial charge in [0.05, 0.1) is 0 Å². The van der Waals surface area contributed by atoms with Crippen LogP contribution in [-0.2, 0) is 9.53 Å². The number of aldehydes is 1. The molecule has 12 heavy (non-hydrogen) atoms. The Bertz CT molecular complexity index is 318. The zero-order valence-electron chi connectivity index (χ0n) is 5.89. The van der Waals surface area contributed by atoms with E-state index in [1.807, 2.05) is 0 Å². The number of fused-ring (bicyclic) bond motifs is 1. The highest BCUT2D eigenvalue weighted by Crippen LogP contribution is 2.52. The number of allylic oxidation sites excluding steroid dienone is 1. The molecule has 64 valence electrons. The van der Waals surface area contributed by atoms with Crippen LogP contribution in [0, 0.1) is 0 Å². The van der Waals surface area contributed by atoms with Crippen molar-refractivity contribution in [3.63, 3.8) is 0 Å². The smallest absolute Gasteiger partial charge is 0.271 e. The summed E-state index contributed by atoms with van der Waals surface area (Å²) in [6, 6.07) is 0. The third kappa shape index (κ3) is 0.542. The van der Waals surface area contributed by atoms with E-state index < -0.39 is 22.9 Å². The topological polar surface area (TPSA) is 90.3 Å². The lowest BCUT2D eigenvalue weighted by Crippen LogP contribution is -2.30. The van der Waals surface area contributed by atoms with Gasteiger partial charge >= 0.3 is 0 Å². The Morgan fingerprint density at radius 1 is 1.50 bits per heavy atom. The summed E-state index contributed by atoms with van der Waals surface area (Å²) in [5.41, 5.74) is -1.50. The molecular formula is C7H6O5. The first-order chi connectivity index (χ1) is 5.56. The van der Waals surface area contributed by atoms with Gasteiger partial charge in [0.2, 0.25) is 5.60 Å². The molecule has 1 heterocycles. The molecule has 0 spiro atoms. The molecule has 0 saturated carbocycles. The van der Waals surface area contributed by atoms with E-state index in [0.717, 1.165) is 6.08 Å². The number of aliphatic hydroxyl groups is 3. The van der Waals surface area contributed by atoms with E-state index in [0.29, 0.717) is 6.29 Å². The first-order valence-corrected chi connectivity index (χ1v) is 3.26. The van der Waals surface area contributed by atoms with Crippen molar-refractivity contribution in [2.24, 2.45) is 0 Å². The Kier molecular flexibility index (Phi) is 1.04. The maximum Gasteiger partial charge on any atom is 0.271 e. The highest BCUT2D eigenvalue weighted by Gasteiger charge is 2.74. The number of epoxide rings is 1. The van der Waals surface area contributed by atoms with Gasteiger partial charge in [-0.1, -0.05) is 0 Å². The predicted octanol–water partition coefficient (Wildman–Crippen LogP) is -0.460. The molecule has 0 aromatic rings. The van der Waals surface area contributed by atoms with Gasteiger partial charge in [0.25, 0.3) is 5.79 Å². The minimum Gasteiger partial charge on any atom is -0.504 e. The number of carbonyl (C=O) groups excluding carboxylic acids is 1. The molecule has 2 aliphatic rings. The molecule has 1 saturated heterocycles. The van der Waals surface area contributed by atoms with Crippen LogP contribution in [0.25, 0.3) is 0 Å². The van der Waals surface area contributed by atoms with Gasteiger partial charge < -0.3 is 20.1 Å². The summed E-state index contributed by atoms with van der Waals surface area (Å²) in [5.74, 6) is -3.27. The summed E-state index contributed by atoms with van der Waals surface area (Å²) < 4.78 is 4.62. The predicted molar refractivity (Wildman–Crippen MR) is 36.3 cm³/mol. The Morgan fingerprint density at radius 2 is 2.17 bits per heavy atom. The fourth-order valence-corrected chi connectivity index (χ4v) is 1.20. The highest BCUT2D eigenvalue weighted by atomic mass is 16.8. The molecule has 5 nitrogen and oxygen atoms in total. The van der Waals surface area contributed by atoms with Gasteiger partial charge in [-0.2, -0.15) is 0 Å². The maximum atomic E-state index is 10.4. The van der Waals surface area contributed by atoms with Crippen molar-refractivity contribution in [2.45, 2.75) is 11.4 Å². The molecule has 0 amide bonds. The average molecular weight is 170 g/mol. The molecule has 3 N–H and O–H groups in total. The second-order valence-electron chi connectivity index (χ2n) is 2.72. The fourth-order valence-electron chi connectivity index (χ4n) is 1.20. The van der Waals surface area contributed by atoms with Gasteiger partial charge in [-0.05, 0) is 12.2 Å². The minimum absolute atomic E-state index is 0.367. The second-order valence-corrected chi connectivity index (χ2v) is 2.72. The molecule has 0 aromatic heterocycles. The van der Waals surface area contributed by atoms with Crippen molar-refractivity contribution in [3.8, 4) is 0 Å². The number of carbonyl (C=O) groups is 1. The van der Waals surface area contributed by atoms with Crippen molar-refractivity contribution in [2.75, 3.05) is 0 Å². The van der Waals surface area contributed by atoms with Crippen LogP contribution in [-0.4, -0.2) is 33.0 Å².